The van der Waals surface area contributed by atoms with E-state index in [4.69, 9.17) is 4.42 Å². The van der Waals surface area contributed by atoms with E-state index in [2.05, 4.69) is 16.8 Å². The summed E-state index contributed by atoms with van der Waals surface area (Å²) in [5.41, 5.74) is 1.05. The maximum atomic E-state index is 12.6. The Balaban J connectivity index is 1.68. The number of nitrogens with zero attached hydrogens (tertiary/aromatic N) is 4. The number of rotatable bonds is 4. The van der Waals surface area contributed by atoms with Crippen LogP contribution in [0.15, 0.2) is 15.5 Å². The fourth-order valence-corrected chi connectivity index (χ4v) is 3.12. The second-order valence-electron chi connectivity index (χ2n) is 6.27. The van der Waals surface area contributed by atoms with Crippen LogP contribution in [0.1, 0.15) is 24.7 Å². The van der Waals surface area contributed by atoms with E-state index in [9.17, 15) is 9.59 Å². The van der Waals surface area contributed by atoms with Gasteiger partial charge in [0, 0.05) is 44.7 Å². The number of hydrogen-bond donors (Lipinski definition) is 0. The van der Waals surface area contributed by atoms with Crippen molar-refractivity contribution >= 4 is 17.0 Å². The van der Waals surface area contributed by atoms with Crippen molar-refractivity contribution in [1.29, 1.82) is 0 Å². The van der Waals surface area contributed by atoms with Gasteiger partial charge in [0.25, 0.3) is 5.56 Å². The number of hydrogen-bond acceptors (Lipinski definition) is 5. The average molecular weight is 332 g/mol. The number of amides is 1. The Kier molecular flexibility index (Phi) is 4.71. The molecule has 0 aromatic carbocycles. The fourth-order valence-electron chi connectivity index (χ4n) is 3.12. The van der Waals surface area contributed by atoms with Gasteiger partial charge in [0.15, 0.2) is 0 Å². The normalized spacial score (nSPS) is 16.0. The summed E-state index contributed by atoms with van der Waals surface area (Å²) >= 11 is 0. The van der Waals surface area contributed by atoms with Crippen molar-refractivity contribution < 1.29 is 9.21 Å². The Morgan fingerprint density at radius 1 is 1.25 bits per heavy atom. The number of fused-ring (bicyclic) bond motifs is 1. The van der Waals surface area contributed by atoms with Gasteiger partial charge in [0.1, 0.15) is 17.5 Å². The highest BCUT2D eigenvalue weighted by Crippen LogP contribution is 2.19. The van der Waals surface area contributed by atoms with Crippen molar-refractivity contribution in [3.05, 3.63) is 28.0 Å². The molecular formula is C17H24N4O3. The molecule has 1 fully saturated rings. The molecule has 7 nitrogen and oxygen atoms in total. The van der Waals surface area contributed by atoms with Gasteiger partial charge in [-0.05, 0) is 20.4 Å². The first-order chi connectivity index (χ1) is 11.5. The van der Waals surface area contributed by atoms with Gasteiger partial charge in [-0.15, -0.1) is 0 Å². The Hall–Kier alpha value is -2.15. The molecule has 3 heterocycles. The number of piperazine rings is 1. The molecule has 0 bridgehead atoms. The maximum absolute atomic E-state index is 12.6. The predicted molar refractivity (Wildman–Crippen MR) is 91.1 cm³/mol. The van der Waals surface area contributed by atoms with Crippen LogP contribution in [0.5, 0.6) is 0 Å². The minimum Gasteiger partial charge on any atom is -0.443 e. The van der Waals surface area contributed by atoms with Crippen LogP contribution >= 0.6 is 0 Å². The molecule has 0 saturated carbocycles. The number of likely N-dealkylation sites (N-methyl/N-ethyl adjacent to an activating group) is 1. The Morgan fingerprint density at radius 3 is 2.62 bits per heavy atom. The molecule has 0 unspecified atom stereocenters. The zero-order valence-electron chi connectivity index (χ0n) is 14.5. The van der Waals surface area contributed by atoms with Gasteiger partial charge in [-0.1, -0.05) is 6.92 Å². The molecule has 1 saturated heterocycles. The van der Waals surface area contributed by atoms with Crippen LogP contribution in [0, 0.1) is 13.8 Å². The summed E-state index contributed by atoms with van der Waals surface area (Å²) in [6, 6.07) is 0. The van der Waals surface area contributed by atoms with E-state index in [0.717, 1.165) is 38.3 Å². The quantitative estimate of drug-likeness (QED) is 0.840. The second kappa shape index (κ2) is 6.76. The molecule has 7 heteroatoms. The van der Waals surface area contributed by atoms with E-state index in [-0.39, 0.29) is 11.5 Å². The highest BCUT2D eigenvalue weighted by Gasteiger charge is 2.20. The summed E-state index contributed by atoms with van der Waals surface area (Å²) in [5, 5.41) is 0.513. The first kappa shape index (κ1) is 16.7. The van der Waals surface area contributed by atoms with Gasteiger partial charge in [-0.3, -0.25) is 14.2 Å². The van der Waals surface area contributed by atoms with Gasteiger partial charge in [-0.25, -0.2) is 4.98 Å². The molecule has 2 aromatic heterocycles. The van der Waals surface area contributed by atoms with Crippen molar-refractivity contribution in [1.82, 2.24) is 19.4 Å². The third-order valence-electron chi connectivity index (χ3n) is 4.89. The van der Waals surface area contributed by atoms with Crippen LogP contribution in [-0.2, 0) is 11.3 Å². The lowest BCUT2D eigenvalue weighted by Gasteiger charge is -2.34. The summed E-state index contributed by atoms with van der Waals surface area (Å²) in [6.07, 6.45) is 1.78. The van der Waals surface area contributed by atoms with Crippen molar-refractivity contribution in [2.24, 2.45) is 0 Å². The zero-order chi connectivity index (χ0) is 17.3. The van der Waals surface area contributed by atoms with Gasteiger partial charge in [0.2, 0.25) is 11.6 Å². The van der Waals surface area contributed by atoms with Gasteiger partial charge >= 0.3 is 0 Å². The molecule has 1 amide bonds. The van der Waals surface area contributed by atoms with Crippen molar-refractivity contribution in [3.63, 3.8) is 0 Å². The lowest BCUT2D eigenvalue weighted by atomic mass is 10.2. The molecule has 0 radical (unpaired) electrons. The molecule has 0 atom stereocenters. The van der Waals surface area contributed by atoms with Crippen LogP contribution in [-0.4, -0.2) is 58.0 Å². The Bertz CT molecular complexity index is 800. The van der Waals surface area contributed by atoms with E-state index in [1.54, 1.807) is 0 Å². The predicted octanol–water partition coefficient (Wildman–Crippen LogP) is 1.16. The van der Waals surface area contributed by atoms with Crippen molar-refractivity contribution in [2.75, 3.05) is 32.7 Å². The van der Waals surface area contributed by atoms with Crippen molar-refractivity contribution in [3.8, 4) is 0 Å². The van der Waals surface area contributed by atoms with E-state index in [0.29, 0.717) is 29.8 Å². The van der Waals surface area contributed by atoms with E-state index >= 15 is 0 Å². The minimum absolute atomic E-state index is 0.0952. The molecule has 130 valence electrons. The highest BCUT2D eigenvalue weighted by atomic mass is 16.3. The van der Waals surface area contributed by atoms with Crippen LogP contribution in [0.3, 0.4) is 0 Å². The minimum atomic E-state index is -0.141. The monoisotopic (exact) mass is 332 g/mol. The third-order valence-corrected chi connectivity index (χ3v) is 4.89. The van der Waals surface area contributed by atoms with Crippen molar-refractivity contribution in [2.45, 2.75) is 33.7 Å². The standard InChI is InChI=1S/C17H24N4O3/c1-4-19-7-9-20(10-8-19)14(22)5-6-21-11-18-16-15(17(21)23)12(2)13(3)24-16/h11H,4-10H2,1-3H3. The van der Waals surface area contributed by atoms with Crippen LogP contribution < -0.4 is 5.56 Å². The number of carbonyl (C=O) groups excluding carboxylic acids is 1. The van der Waals surface area contributed by atoms with E-state index < -0.39 is 0 Å². The fraction of sp³-hybridized carbons (Fsp3) is 0.588. The Morgan fingerprint density at radius 2 is 1.96 bits per heavy atom. The van der Waals surface area contributed by atoms with E-state index in [1.165, 1.54) is 10.9 Å². The molecule has 0 N–H and O–H groups in total. The summed E-state index contributed by atoms with van der Waals surface area (Å²) in [7, 11) is 0. The van der Waals surface area contributed by atoms with Crippen LogP contribution in [0.4, 0.5) is 0 Å². The largest absolute Gasteiger partial charge is 0.443 e. The van der Waals surface area contributed by atoms with Crippen LogP contribution in [0.25, 0.3) is 11.1 Å². The SMILES string of the molecule is CCN1CCN(C(=O)CCn2cnc3oc(C)c(C)c3c2=O)CC1. The third kappa shape index (κ3) is 3.08. The number of aryl methyl sites for hydroxylation is 3. The molecule has 2 aromatic rings. The smallest absolute Gasteiger partial charge is 0.264 e. The Labute approximate surface area is 140 Å². The molecule has 1 aliphatic heterocycles. The zero-order valence-corrected chi connectivity index (χ0v) is 14.5. The molecule has 1 aliphatic rings. The molecule has 24 heavy (non-hydrogen) atoms. The van der Waals surface area contributed by atoms with Gasteiger partial charge in [-0.2, -0.15) is 0 Å². The molecule has 0 spiro atoms. The second-order valence-corrected chi connectivity index (χ2v) is 6.27. The summed E-state index contributed by atoms with van der Waals surface area (Å²) in [4.78, 5) is 33.3. The van der Waals surface area contributed by atoms with Gasteiger partial charge in [0.05, 0.1) is 0 Å². The lowest BCUT2D eigenvalue weighted by molar-refractivity contribution is -0.133. The first-order valence-corrected chi connectivity index (χ1v) is 8.46. The summed E-state index contributed by atoms with van der Waals surface area (Å²) in [5.74, 6) is 0.801. The number of aromatic nitrogens is 2. The topological polar surface area (TPSA) is 71.6 Å². The van der Waals surface area contributed by atoms with Crippen LogP contribution in [0.2, 0.25) is 0 Å². The molecule has 3 rings (SSSR count). The lowest BCUT2D eigenvalue weighted by Crippen LogP contribution is -2.48. The number of carbonyl (C=O) groups is 1. The first-order valence-electron chi connectivity index (χ1n) is 8.46. The number of furan rings is 1. The van der Waals surface area contributed by atoms with E-state index in [1.807, 2.05) is 18.7 Å². The summed E-state index contributed by atoms with van der Waals surface area (Å²) in [6.45, 7) is 10.5. The van der Waals surface area contributed by atoms with Gasteiger partial charge < -0.3 is 14.2 Å². The maximum Gasteiger partial charge on any atom is 0.264 e. The molecular weight excluding hydrogens is 308 g/mol. The molecule has 0 aliphatic carbocycles. The average Bonchev–Trinajstić information content (AvgIpc) is 2.89. The summed E-state index contributed by atoms with van der Waals surface area (Å²) < 4.78 is 6.98. The highest BCUT2D eigenvalue weighted by molar-refractivity contribution is 5.78.